The van der Waals surface area contributed by atoms with Crippen molar-refractivity contribution in [2.75, 3.05) is 11.5 Å². The van der Waals surface area contributed by atoms with Gasteiger partial charge in [0.1, 0.15) is 12.1 Å². The van der Waals surface area contributed by atoms with Gasteiger partial charge in [0, 0.05) is 35.2 Å². The highest BCUT2D eigenvalue weighted by molar-refractivity contribution is 8.03. The summed E-state index contributed by atoms with van der Waals surface area (Å²) in [5.74, 6) is -3.00. The van der Waals surface area contributed by atoms with E-state index in [1.807, 2.05) is 0 Å². The highest BCUT2D eigenvalue weighted by Gasteiger charge is 2.76. The van der Waals surface area contributed by atoms with E-state index in [2.05, 4.69) is 0 Å². The van der Waals surface area contributed by atoms with Crippen LogP contribution in [0, 0.1) is 23.7 Å². The molecule has 8 nitrogen and oxygen atoms in total. The van der Waals surface area contributed by atoms with Gasteiger partial charge in [0.2, 0.25) is 21.6 Å². The first-order chi connectivity index (χ1) is 16.4. The van der Waals surface area contributed by atoms with E-state index in [4.69, 9.17) is 0 Å². The number of nitrogens with zero attached hydrogens (tertiary/aromatic N) is 2. The van der Waals surface area contributed by atoms with Crippen molar-refractivity contribution in [1.29, 1.82) is 0 Å². The van der Waals surface area contributed by atoms with Crippen LogP contribution in [0.4, 0.5) is 0 Å². The molecule has 4 unspecified atom stereocenters. The van der Waals surface area contributed by atoms with E-state index in [9.17, 15) is 28.8 Å². The van der Waals surface area contributed by atoms with Crippen LogP contribution in [0.2, 0.25) is 0 Å². The molecule has 0 bridgehead atoms. The molecule has 2 amide bonds. The molecule has 0 aromatic carbocycles. The smallest absolute Gasteiger partial charge is 0.248 e. The summed E-state index contributed by atoms with van der Waals surface area (Å²) >= 11 is 2.24. The lowest BCUT2D eigenvalue weighted by molar-refractivity contribution is -0.169. The highest BCUT2D eigenvalue weighted by Crippen LogP contribution is 2.59. The summed E-state index contributed by atoms with van der Waals surface area (Å²) in [6, 6.07) is -1.97. The van der Waals surface area contributed by atoms with Gasteiger partial charge in [-0.3, -0.25) is 28.8 Å². The average molecular weight is 503 g/mol. The molecule has 0 N–H and O–H groups in total. The molecule has 2 spiro atoms. The van der Waals surface area contributed by atoms with Gasteiger partial charge in [-0.2, -0.15) is 0 Å². The maximum atomic E-state index is 13.9. The third kappa shape index (κ3) is 2.22. The zero-order valence-corrected chi connectivity index (χ0v) is 20.3. The Kier molecular flexibility index (Phi) is 4.42. The minimum absolute atomic E-state index is 0.140. The molecule has 3 aliphatic heterocycles. The van der Waals surface area contributed by atoms with Gasteiger partial charge in [-0.15, -0.1) is 23.5 Å². The minimum Gasteiger partial charge on any atom is -0.300 e. The first-order valence-corrected chi connectivity index (χ1v) is 14.4. The summed E-state index contributed by atoms with van der Waals surface area (Å²) < 4.78 is 0. The Labute approximate surface area is 205 Å². The van der Waals surface area contributed by atoms with Crippen molar-refractivity contribution in [3.63, 3.8) is 0 Å². The summed E-state index contributed by atoms with van der Waals surface area (Å²) in [4.78, 5) is 81.7. The zero-order chi connectivity index (χ0) is 23.6. The van der Waals surface area contributed by atoms with E-state index in [1.165, 1.54) is 9.80 Å². The summed E-state index contributed by atoms with van der Waals surface area (Å²) in [6.07, 6.45) is 6.16. The number of carbonyl (C=O) groups excluding carboxylic acids is 6. The molecule has 4 saturated carbocycles. The standard InChI is InChI=1S/C24H26N2O6S2/c27-17-11-5-1-2-6-12(11)18(28)23(17)25-15(9-33-23)22(32)26-16(21(25)31)10-34-24(26)19(29)13-7-3-4-8-14(13)20(24)30/h11-16H,1-10H2/t11?,12?,13?,14?,15-,16-,23?,24?/m1/s1. The Hall–Kier alpha value is -1.68. The molecule has 0 aromatic heterocycles. The van der Waals surface area contributed by atoms with Gasteiger partial charge in [0.15, 0.2) is 23.1 Å². The molecule has 180 valence electrons. The lowest BCUT2D eigenvalue weighted by atomic mass is 9.81. The Bertz CT molecular complexity index is 957. The number of amides is 2. The number of Topliss-reactive ketones (excluding diaryl/α,β-unsaturated/α-hetero) is 4. The maximum Gasteiger partial charge on any atom is 0.248 e. The van der Waals surface area contributed by atoms with Gasteiger partial charge in [-0.1, -0.05) is 25.7 Å². The van der Waals surface area contributed by atoms with E-state index < -0.39 is 33.6 Å². The van der Waals surface area contributed by atoms with Gasteiger partial charge in [0.25, 0.3) is 0 Å². The number of ketones is 4. The van der Waals surface area contributed by atoms with Crippen molar-refractivity contribution in [1.82, 2.24) is 9.80 Å². The number of hydrogen-bond donors (Lipinski definition) is 0. The van der Waals surface area contributed by atoms with E-state index in [1.54, 1.807) is 0 Å². The van der Waals surface area contributed by atoms with Crippen LogP contribution in [0.5, 0.6) is 0 Å². The van der Waals surface area contributed by atoms with E-state index in [-0.39, 0.29) is 58.3 Å². The maximum absolute atomic E-state index is 13.9. The molecule has 0 aromatic rings. The predicted octanol–water partition coefficient (Wildman–Crippen LogP) is 1.20. The van der Waals surface area contributed by atoms with Crippen LogP contribution in [0.15, 0.2) is 0 Å². The number of rotatable bonds is 0. The topological polar surface area (TPSA) is 109 Å². The summed E-state index contributed by atoms with van der Waals surface area (Å²) in [7, 11) is 0. The van der Waals surface area contributed by atoms with Gasteiger partial charge >= 0.3 is 0 Å². The van der Waals surface area contributed by atoms with Gasteiger partial charge in [-0.05, 0) is 25.7 Å². The second-order valence-electron chi connectivity index (χ2n) is 10.8. The number of thioether (sulfide) groups is 2. The molecular formula is C24H26N2O6S2. The molecule has 6 atom stereocenters. The van der Waals surface area contributed by atoms with Crippen molar-refractivity contribution >= 4 is 58.5 Å². The number of piperazine rings is 1. The van der Waals surface area contributed by atoms with Crippen molar-refractivity contribution < 1.29 is 28.8 Å². The minimum atomic E-state index is -1.61. The summed E-state index contributed by atoms with van der Waals surface area (Å²) in [5, 5.41) is 0. The van der Waals surface area contributed by atoms with Crippen LogP contribution in [-0.4, -0.2) is 78.1 Å². The fourth-order valence-corrected chi connectivity index (χ4v) is 11.2. The monoisotopic (exact) mass is 502 g/mol. The highest BCUT2D eigenvalue weighted by atomic mass is 32.2. The van der Waals surface area contributed by atoms with Crippen molar-refractivity contribution in [2.45, 2.75) is 73.2 Å². The largest absolute Gasteiger partial charge is 0.300 e. The molecule has 4 aliphatic carbocycles. The second-order valence-corrected chi connectivity index (χ2v) is 13.2. The molecule has 34 heavy (non-hydrogen) atoms. The summed E-state index contributed by atoms with van der Waals surface area (Å²) in [6.45, 7) is 0. The lowest BCUT2D eigenvalue weighted by Crippen LogP contribution is -2.72. The quantitative estimate of drug-likeness (QED) is 0.455. The zero-order valence-electron chi connectivity index (χ0n) is 18.7. The molecular weight excluding hydrogens is 476 g/mol. The van der Waals surface area contributed by atoms with E-state index >= 15 is 0 Å². The van der Waals surface area contributed by atoms with E-state index in [0.717, 1.165) is 49.2 Å². The SMILES string of the molecule is O=C1[C@H]2CSC3(C(=O)C4CCCCC4C3=O)N2C(=O)[C@H]2CSC3(C(=O)C4CCCCC4C3=O)N12. The van der Waals surface area contributed by atoms with Crippen molar-refractivity contribution in [3.8, 4) is 0 Å². The van der Waals surface area contributed by atoms with Crippen molar-refractivity contribution in [2.24, 2.45) is 23.7 Å². The Balaban J connectivity index is 1.29. The first-order valence-electron chi connectivity index (χ1n) is 12.5. The second kappa shape index (κ2) is 6.96. The molecule has 3 heterocycles. The lowest BCUT2D eigenvalue weighted by Gasteiger charge is -2.46. The number of fused-ring (bicyclic) bond motifs is 6. The average Bonchev–Trinajstić information content (AvgIpc) is 3.56. The molecule has 10 heteroatoms. The molecule has 0 radical (unpaired) electrons. The summed E-state index contributed by atoms with van der Waals surface area (Å²) in [5.41, 5.74) is 0. The fraction of sp³-hybridized carbons (Fsp3) is 0.750. The molecule has 7 fully saturated rings. The van der Waals surface area contributed by atoms with Crippen LogP contribution in [0.25, 0.3) is 0 Å². The van der Waals surface area contributed by atoms with Crippen LogP contribution in [0.3, 0.4) is 0 Å². The third-order valence-electron chi connectivity index (χ3n) is 9.46. The van der Waals surface area contributed by atoms with Gasteiger partial charge in [-0.25, -0.2) is 0 Å². The first kappa shape index (κ1) is 21.6. The van der Waals surface area contributed by atoms with E-state index in [0.29, 0.717) is 25.7 Å². The predicted molar refractivity (Wildman–Crippen MR) is 123 cm³/mol. The van der Waals surface area contributed by atoms with Crippen molar-refractivity contribution in [3.05, 3.63) is 0 Å². The van der Waals surface area contributed by atoms with Crippen LogP contribution in [-0.2, 0) is 28.8 Å². The van der Waals surface area contributed by atoms with Gasteiger partial charge < -0.3 is 9.80 Å². The normalized spacial score (nSPS) is 47.6. The van der Waals surface area contributed by atoms with Crippen LogP contribution in [0.1, 0.15) is 51.4 Å². The fourth-order valence-electron chi connectivity index (χ4n) is 7.95. The third-order valence-corrected chi connectivity index (χ3v) is 12.5. The number of hydrogen-bond acceptors (Lipinski definition) is 8. The van der Waals surface area contributed by atoms with Crippen LogP contribution < -0.4 is 0 Å². The Morgan fingerprint density at radius 1 is 0.529 bits per heavy atom. The molecule has 7 aliphatic rings. The molecule has 3 saturated heterocycles. The number of carbonyl (C=O) groups is 6. The Morgan fingerprint density at radius 2 is 0.824 bits per heavy atom. The van der Waals surface area contributed by atoms with Crippen LogP contribution >= 0.6 is 23.5 Å². The Morgan fingerprint density at radius 3 is 1.12 bits per heavy atom. The molecule has 7 rings (SSSR count). The van der Waals surface area contributed by atoms with Gasteiger partial charge in [0.05, 0.1) is 0 Å².